The number of carbonyl (C=O) groups is 1. The quantitative estimate of drug-likeness (QED) is 0.0240. The van der Waals surface area contributed by atoms with Crippen LogP contribution in [-0.4, -0.2) is 59.0 Å². The average molecular weight is 719 g/mol. The number of nitrogens with one attached hydrogen (secondary N) is 1. The van der Waals surface area contributed by atoms with Crippen molar-refractivity contribution in [2.75, 3.05) is 19.8 Å². The number of nitrogens with two attached hydrogens (primary N) is 1. The van der Waals surface area contributed by atoms with Crippen LogP contribution in [0.2, 0.25) is 0 Å². The molecule has 0 aromatic heterocycles. The van der Waals surface area contributed by atoms with Gasteiger partial charge in [-0.3, -0.25) is 13.8 Å². The van der Waals surface area contributed by atoms with Crippen molar-refractivity contribution in [2.24, 2.45) is 5.73 Å². The highest BCUT2D eigenvalue weighted by Gasteiger charge is 2.27. The Morgan fingerprint density at radius 2 is 1.12 bits per heavy atom. The fraction of sp³-hybridized carbons (Fsp3) is 0.923. The molecular formula is C39H79N2O7P. The van der Waals surface area contributed by atoms with Crippen LogP contribution >= 0.6 is 7.82 Å². The zero-order valence-corrected chi connectivity index (χ0v) is 32.7. The van der Waals surface area contributed by atoms with Crippen molar-refractivity contribution in [1.82, 2.24) is 5.32 Å². The number of rotatable bonds is 38. The van der Waals surface area contributed by atoms with Crippen molar-refractivity contribution in [1.29, 1.82) is 0 Å². The molecule has 0 rings (SSSR count). The van der Waals surface area contributed by atoms with Crippen molar-refractivity contribution in [3.05, 3.63) is 12.2 Å². The van der Waals surface area contributed by atoms with Gasteiger partial charge in [-0.05, 0) is 19.3 Å². The van der Waals surface area contributed by atoms with Gasteiger partial charge in [-0.2, -0.15) is 0 Å². The second-order valence-corrected chi connectivity index (χ2v) is 15.5. The van der Waals surface area contributed by atoms with Crippen LogP contribution in [-0.2, 0) is 18.4 Å². The van der Waals surface area contributed by atoms with E-state index in [4.69, 9.17) is 14.8 Å². The van der Waals surface area contributed by atoms with Crippen molar-refractivity contribution in [2.45, 2.75) is 212 Å². The summed E-state index contributed by atoms with van der Waals surface area (Å²) in [5, 5.41) is 23.9. The lowest BCUT2D eigenvalue weighted by atomic mass is 10.0. The van der Waals surface area contributed by atoms with Gasteiger partial charge in [0.1, 0.15) is 0 Å². The summed E-state index contributed by atoms with van der Waals surface area (Å²) in [6.45, 7) is 3.93. The molecule has 0 spiro atoms. The second-order valence-electron chi connectivity index (χ2n) is 14.0. The van der Waals surface area contributed by atoms with Gasteiger partial charge >= 0.3 is 7.82 Å². The molecule has 0 heterocycles. The Labute approximate surface area is 301 Å². The summed E-state index contributed by atoms with van der Waals surface area (Å²) >= 11 is 0. The largest absolute Gasteiger partial charge is 0.472 e. The number of hydrogen-bond donors (Lipinski definition) is 5. The van der Waals surface area contributed by atoms with Crippen LogP contribution in [0, 0.1) is 0 Å². The monoisotopic (exact) mass is 719 g/mol. The van der Waals surface area contributed by atoms with Gasteiger partial charge < -0.3 is 26.2 Å². The molecular weight excluding hydrogens is 639 g/mol. The minimum absolute atomic E-state index is 0.0509. The van der Waals surface area contributed by atoms with E-state index >= 15 is 0 Å². The highest BCUT2D eigenvalue weighted by atomic mass is 31.2. The fourth-order valence-corrected chi connectivity index (χ4v) is 6.82. The Bertz CT molecular complexity index is 801. The first-order chi connectivity index (χ1) is 23.8. The topological polar surface area (TPSA) is 151 Å². The van der Waals surface area contributed by atoms with E-state index in [1.54, 1.807) is 6.08 Å². The Kier molecular flexibility index (Phi) is 35.0. The molecule has 292 valence electrons. The number of aliphatic hydroxyl groups is 2. The van der Waals surface area contributed by atoms with E-state index in [1.807, 2.05) is 6.08 Å². The van der Waals surface area contributed by atoms with E-state index in [1.165, 1.54) is 128 Å². The summed E-state index contributed by atoms with van der Waals surface area (Å²) < 4.78 is 21.9. The molecule has 6 N–H and O–H groups in total. The van der Waals surface area contributed by atoms with E-state index in [2.05, 4.69) is 19.2 Å². The summed E-state index contributed by atoms with van der Waals surface area (Å²) in [5.41, 5.74) is 5.34. The van der Waals surface area contributed by atoms with Gasteiger partial charge in [0, 0.05) is 6.54 Å². The lowest BCUT2D eigenvalue weighted by Gasteiger charge is -2.24. The van der Waals surface area contributed by atoms with Gasteiger partial charge in [-0.15, -0.1) is 0 Å². The molecule has 4 atom stereocenters. The number of amides is 1. The SMILES string of the molecule is CCCCCCCC/C=C/C(O)C(COP(=O)(O)OCCN)NC(=O)CC(O)CCCCCCCCCCCCCCCCCCCCC. The number of hydrogen-bond acceptors (Lipinski definition) is 7. The van der Waals surface area contributed by atoms with Crippen molar-refractivity contribution < 1.29 is 33.5 Å². The molecule has 0 bridgehead atoms. The van der Waals surface area contributed by atoms with Crippen LogP contribution in [0.4, 0.5) is 0 Å². The number of unbranched alkanes of at least 4 members (excludes halogenated alkanes) is 24. The molecule has 0 aliphatic carbocycles. The van der Waals surface area contributed by atoms with Crippen LogP contribution in [0.3, 0.4) is 0 Å². The third-order valence-electron chi connectivity index (χ3n) is 9.17. The molecule has 0 aromatic carbocycles. The van der Waals surface area contributed by atoms with Crippen LogP contribution in [0.15, 0.2) is 12.2 Å². The Hall–Kier alpha value is -0.800. The third-order valence-corrected chi connectivity index (χ3v) is 10.2. The Morgan fingerprint density at radius 3 is 1.57 bits per heavy atom. The molecule has 9 nitrogen and oxygen atoms in total. The van der Waals surface area contributed by atoms with Crippen LogP contribution < -0.4 is 11.1 Å². The maximum Gasteiger partial charge on any atom is 0.472 e. The van der Waals surface area contributed by atoms with E-state index < -0.39 is 38.6 Å². The highest BCUT2D eigenvalue weighted by molar-refractivity contribution is 7.47. The smallest absolute Gasteiger partial charge is 0.393 e. The first kappa shape index (κ1) is 48.2. The predicted octanol–water partition coefficient (Wildman–Crippen LogP) is 9.80. The highest BCUT2D eigenvalue weighted by Crippen LogP contribution is 2.43. The number of allylic oxidation sites excluding steroid dienone is 1. The zero-order chi connectivity index (χ0) is 36.3. The zero-order valence-electron chi connectivity index (χ0n) is 31.8. The van der Waals surface area contributed by atoms with E-state index in [0.29, 0.717) is 6.42 Å². The summed E-state index contributed by atoms with van der Waals surface area (Å²) in [7, 11) is -4.38. The molecule has 0 saturated carbocycles. The van der Waals surface area contributed by atoms with Crippen LogP contribution in [0.25, 0.3) is 0 Å². The molecule has 0 aromatic rings. The molecule has 0 radical (unpaired) electrons. The van der Waals surface area contributed by atoms with E-state index in [-0.39, 0.29) is 19.6 Å². The number of carbonyl (C=O) groups excluding carboxylic acids is 1. The maximum absolute atomic E-state index is 12.7. The molecule has 10 heteroatoms. The van der Waals surface area contributed by atoms with Crippen molar-refractivity contribution in [3.63, 3.8) is 0 Å². The van der Waals surface area contributed by atoms with Gasteiger partial charge in [0.25, 0.3) is 0 Å². The number of phosphoric acid groups is 1. The predicted molar refractivity (Wildman–Crippen MR) is 204 cm³/mol. The standard InChI is InChI=1S/C39H79N2O7P/c1-3-5-7-9-11-13-14-15-16-17-18-19-20-21-22-23-24-26-28-30-36(42)34-39(44)41-37(35-48-49(45,46)47-33-32-40)38(43)31-29-27-25-12-10-8-6-4-2/h29,31,36-38,42-43H,3-28,30,32-35,40H2,1-2H3,(H,41,44)(H,45,46)/b31-29+. The van der Waals surface area contributed by atoms with Crippen molar-refractivity contribution in [3.8, 4) is 0 Å². The van der Waals surface area contributed by atoms with E-state index in [9.17, 15) is 24.5 Å². The Balaban J connectivity index is 4.16. The minimum Gasteiger partial charge on any atom is -0.393 e. The van der Waals surface area contributed by atoms with Gasteiger partial charge in [-0.1, -0.05) is 180 Å². The first-order valence-corrected chi connectivity index (χ1v) is 21.9. The van der Waals surface area contributed by atoms with Crippen LogP contribution in [0.5, 0.6) is 0 Å². The Morgan fingerprint density at radius 1 is 0.694 bits per heavy atom. The van der Waals surface area contributed by atoms with Gasteiger partial charge in [-0.25, -0.2) is 4.57 Å². The average Bonchev–Trinajstić information content (AvgIpc) is 3.07. The summed E-state index contributed by atoms with van der Waals surface area (Å²) in [4.78, 5) is 22.6. The first-order valence-electron chi connectivity index (χ1n) is 20.4. The van der Waals surface area contributed by atoms with Crippen molar-refractivity contribution >= 4 is 13.7 Å². The van der Waals surface area contributed by atoms with Crippen LogP contribution in [0.1, 0.15) is 194 Å². The summed E-state index contributed by atoms with van der Waals surface area (Å²) in [6.07, 6.45) is 34.6. The van der Waals surface area contributed by atoms with E-state index in [0.717, 1.165) is 38.5 Å². The van der Waals surface area contributed by atoms with Gasteiger partial charge in [0.15, 0.2) is 0 Å². The lowest BCUT2D eigenvalue weighted by molar-refractivity contribution is -0.124. The normalized spacial score (nSPS) is 15.0. The molecule has 0 aliphatic rings. The summed E-state index contributed by atoms with van der Waals surface area (Å²) in [5.74, 6) is -0.446. The minimum atomic E-state index is -4.38. The van der Waals surface area contributed by atoms with Gasteiger partial charge in [0.05, 0.1) is 37.9 Å². The molecule has 1 amide bonds. The second kappa shape index (κ2) is 35.6. The third kappa shape index (κ3) is 34.1. The lowest BCUT2D eigenvalue weighted by Crippen LogP contribution is -2.46. The molecule has 0 aliphatic heterocycles. The fourth-order valence-electron chi connectivity index (χ4n) is 6.06. The van der Waals surface area contributed by atoms with Gasteiger partial charge in [0.2, 0.25) is 5.91 Å². The molecule has 49 heavy (non-hydrogen) atoms. The molecule has 0 fully saturated rings. The maximum atomic E-state index is 12.7. The number of phosphoric ester groups is 1. The number of aliphatic hydroxyl groups excluding tert-OH is 2. The summed E-state index contributed by atoms with van der Waals surface area (Å²) in [6, 6.07) is -0.975. The molecule has 4 unspecified atom stereocenters. The molecule has 0 saturated heterocycles.